The van der Waals surface area contributed by atoms with Gasteiger partial charge in [0.15, 0.2) is 12.4 Å². The Morgan fingerprint density at radius 3 is 2.48 bits per heavy atom. The van der Waals surface area contributed by atoms with Crippen LogP contribution in [0.5, 0.6) is 5.75 Å². The van der Waals surface area contributed by atoms with E-state index in [0.717, 1.165) is 13.1 Å². The Balaban J connectivity index is 1.57. The second-order valence-corrected chi connectivity index (χ2v) is 6.93. The Labute approximate surface area is 164 Å². The van der Waals surface area contributed by atoms with Crippen molar-refractivity contribution in [3.05, 3.63) is 53.1 Å². The maximum Gasteiger partial charge on any atom is 0.262 e. The molecule has 1 amide bonds. The number of anilines is 2. The molecular formula is C21H23ClN2O3. The standard InChI is InChI=1S/C21H23ClN2O3/c1-2-19(25)18-13-15(22)5-10-20(18)27-14-21(26)23-16-6-8-17(9-7-16)24-11-3-4-12-24/h5-10,13H,2-4,11-12,14H2,1H3,(H,23,26). The number of nitrogens with zero attached hydrogens (tertiary/aromatic N) is 1. The number of Topliss-reactive ketones (excluding diaryl/α,β-unsaturated/α-hetero) is 1. The third-order valence-corrected chi connectivity index (χ3v) is 4.78. The molecule has 1 heterocycles. The average molecular weight is 387 g/mol. The van der Waals surface area contributed by atoms with Crippen LogP contribution < -0.4 is 15.0 Å². The molecular weight excluding hydrogens is 364 g/mol. The number of hydrogen-bond acceptors (Lipinski definition) is 4. The van der Waals surface area contributed by atoms with Crippen LogP contribution in [0, 0.1) is 0 Å². The minimum absolute atomic E-state index is 0.0783. The molecule has 27 heavy (non-hydrogen) atoms. The maximum atomic E-state index is 12.2. The fraction of sp³-hybridized carbons (Fsp3) is 0.333. The van der Waals surface area contributed by atoms with Crippen LogP contribution in [0.15, 0.2) is 42.5 Å². The molecule has 5 nitrogen and oxygen atoms in total. The lowest BCUT2D eigenvalue weighted by Gasteiger charge is -2.17. The number of carbonyl (C=O) groups excluding carboxylic acids is 2. The summed E-state index contributed by atoms with van der Waals surface area (Å²) in [4.78, 5) is 26.5. The first-order valence-corrected chi connectivity index (χ1v) is 9.55. The molecule has 0 unspecified atom stereocenters. The highest BCUT2D eigenvalue weighted by Gasteiger charge is 2.14. The number of rotatable bonds is 7. The molecule has 2 aromatic carbocycles. The summed E-state index contributed by atoms with van der Waals surface area (Å²) in [6, 6.07) is 12.6. The zero-order chi connectivity index (χ0) is 19.2. The third-order valence-electron chi connectivity index (χ3n) is 4.54. The molecule has 0 radical (unpaired) electrons. The Morgan fingerprint density at radius 2 is 1.81 bits per heavy atom. The summed E-state index contributed by atoms with van der Waals surface area (Å²) in [5.74, 6) is 0.00459. The minimum atomic E-state index is -0.284. The monoisotopic (exact) mass is 386 g/mol. The molecule has 142 valence electrons. The fourth-order valence-corrected chi connectivity index (χ4v) is 3.28. The van der Waals surface area contributed by atoms with Gasteiger partial charge in [-0.15, -0.1) is 0 Å². The largest absolute Gasteiger partial charge is 0.483 e. The van der Waals surface area contributed by atoms with Gasteiger partial charge in [0.05, 0.1) is 5.56 Å². The zero-order valence-corrected chi connectivity index (χ0v) is 16.1. The second-order valence-electron chi connectivity index (χ2n) is 6.50. The van der Waals surface area contributed by atoms with Gasteiger partial charge in [-0.1, -0.05) is 18.5 Å². The van der Waals surface area contributed by atoms with E-state index in [4.69, 9.17) is 16.3 Å². The lowest BCUT2D eigenvalue weighted by Crippen LogP contribution is -2.21. The molecule has 0 bridgehead atoms. The predicted octanol–water partition coefficient (Wildman–Crippen LogP) is 4.55. The van der Waals surface area contributed by atoms with Crippen LogP contribution in [0.25, 0.3) is 0 Å². The normalized spacial score (nSPS) is 13.5. The molecule has 3 rings (SSSR count). The number of ketones is 1. The molecule has 1 N–H and O–H groups in total. The van der Waals surface area contributed by atoms with Gasteiger partial charge >= 0.3 is 0 Å². The average Bonchev–Trinajstić information content (AvgIpc) is 3.21. The quantitative estimate of drug-likeness (QED) is 0.709. The highest BCUT2D eigenvalue weighted by molar-refractivity contribution is 6.31. The van der Waals surface area contributed by atoms with Crippen molar-refractivity contribution in [2.75, 3.05) is 29.9 Å². The lowest BCUT2D eigenvalue weighted by atomic mass is 10.1. The van der Waals surface area contributed by atoms with Gasteiger partial charge in [-0.2, -0.15) is 0 Å². The predicted molar refractivity (Wildman–Crippen MR) is 108 cm³/mol. The van der Waals surface area contributed by atoms with Crippen LogP contribution in [0.1, 0.15) is 36.5 Å². The van der Waals surface area contributed by atoms with E-state index in [1.165, 1.54) is 18.5 Å². The van der Waals surface area contributed by atoms with Crippen molar-refractivity contribution in [1.29, 1.82) is 0 Å². The van der Waals surface area contributed by atoms with E-state index < -0.39 is 0 Å². The zero-order valence-electron chi connectivity index (χ0n) is 15.3. The number of halogens is 1. The van der Waals surface area contributed by atoms with Gasteiger partial charge in [-0.05, 0) is 55.3 Å². The second kappa shape index (κ2) is 8.91. The van der Waals surface area contributed by atoms with Gasteiger partial charge in [-0.3, -0.25) is 9.59 Å². The molecule has 1 fully saturated rings. The highest BCUT2D eigenvalue weighted by Crippen LogP contribution is 2.25. The van der Waals surface area contributed by atoms with Crippen LogP contribution in [-0.2, 0) is 4.79 Å². The third kappa shape index (κ3) is 5.01. The Bertz CT molecular complexity index is 815. The summed E-state index contributed by atoms with van der Waals surface area (Å²) in [7, 11) is 0. The van der Waals surface area contributed by atoms with E-state index in [-0.39, 0.29) is 18.3 Å². The van der Waals surface area contributed by atoms with Gasteiger partial charge in [0.25, 0.3) is 5.91 Å². The summed E-state index contributed by atoms with van der Waals surface area (Å²) in [5, 5.41) is 3.27. The number of nitrogens with one attached hydrogen (secondary N) is 1. The van der Waals surface area contributed by atoms with E-state index in [9.17, 15) is 9.59 Å². The number of benzene rings is 2. The fourth-order valence-electron chi connectivity index (χ4n) is 3.11. The number of hydrogen-bond donors (Lipinski definition) is 1. The first-order valence-electron chi connectivity index (χ1n) is 9.17. The smallest absolute Gasteiger partial charge is 0.262 e. The van der Waals surface area contributed by atoms with Crippen molar-refractivity contribution in [2.24, 2.45) is 0 Å². The van der Waals surface area contributed by atoms with Gasteiger partial charge in [-0.25, -0.2) is 0 Å². The molecule has 0 spiro atoms. The minimum Gasteiger partial charge on any atom is -0.483 e. The van der Waals surface area contributed by atoms with E-state index in [0.29, 0.717) is 28.4 Å². The molecule has 0 aliphatic carbocycles. The molecule has 6 heteroatoms. The van der Waals surface area contributed by atoms with E-state index >= 15 is 0 Å². The summed E-state index contributed by atoms with van der Waals surface area (Å²) in [6.07, 6.45) is 2.79. The van der Waals surface area contributed by atoms with Crippen molar-refractivity contribution in [1.82, 2.24) is 0 Å². The van der Waals surface area contributed by atoms with Crippen LogP contribution in [-0.4, -0.2) is 31.4 Å². The summed E-state index contributed by atoms with van der Waals surface area (Å²) in [6.45, 7) is 3.75. The van der Waals surface area contributed by atoms with E-state index in [1.54, 1.807) is 25.1 Å². The molecule has 0 saturated carbocycles. The highest BCUT2D eigenvalue weighted by atomic mass is 35.5. The van der Waals surface area contributed by atoms with Crippen molar-refractivity contribution in [3.8, 4) is 5.75 Å². The van der Waals surface area contributed by atoms with Gasteiger partial charge in [0.1, 0.15) is 5.75 Å². The summed E-state index contributed by atoms with van der Waals surface area (Å²) in [5.41, 5.74) is 2.28. The summed E-state index contributed by atoms with van der Waals surface area (Å²) >= 11 is 5.96. The van der Waals surface area contributed by atoms with Crippen LogP contribution in [0.3, 0.4) is 0 Å². The molecule has 0 atom stereocenters. The topological polar surface area (TPSA) is 58.6 Å². The van der Waals surface area contributed by atoms with Crippen molar-refractivity contribution in [3.63, 3.8) is 0 Å². The Kier molecular flexibility index (Phi) is 6.35. The van der Waals surface area contributed by atoms with Crippen molar-refractivity contribution in [2.45, 2.75) is 26.2 Å². The van der Waals surface area contributed by atoms with Crippen molar-refractivity contribution >= 4 is 34.7 Å². The molecule has 1 aliphatic rings. The van der Waals surface area contributed by atoms with Crippen molar-refractivity contribution < 1.29 is 14.3 Å². The van der Waals surface area contributed by atoms with Crippen LogP contribution in [0.4, 0.5) is 11.4 Å². The van der Waals surface area contributed by atoms with Gasteiger partial charge in [0.2, 0.25) is 0 Å². The molecule has 2 aromatic rings. The lowest BCUT2D eigenvalue weighted by molar-refractivity contribution is -0.118. The molecule has 0 aromatic heterocycles. The summed E-state index contributed by atoms with van der Waals surface area (Å²) < 4.78 is 5.55. The van der Waals surface area contributed by atoms with Gasteiger partial charge < -0.3 is 15.0 Å². The number of carbonyl (C=O) groups is 2. The maximum absolute atomic E-state index is 12.2. The van der Waals surface area contributed by atoms with Crippen LogP contribution >= 0.6 is 11.6 Å². The Morgan fingerprint density at radius 1 is 1.11 bits per heavy atom. The molecule has 1 aliphatic heterocycles. The SMILES string of the molecule is CCC(=O)c1cc(Cl)ccc1OCC(=O)Nc1ccc(N2CCCC2)cc1. The Hall–Kier alpha value is -2.53. The van der Waals surface area contributed by atoms with E-state index in [1.807, 2.05) is 24.3 Å². The van der Waals surface area contributed by atoms with Gasteiger partial charge in [0, 0.05) is 35.9 Å². The number of amides is 1. The number of ether oxygens (including phenoxy) is 1. The first-order chi connectivity index (χ1) is 13.1. The van der Waals surface area contributed by atoms with E-state index in [2.05, 4.69) is 10.2 Å². The van der Waals surface area contributed by atoms with Crippen LogP contribution in [0.2, 0.25) is 5.02 Å². The molecule has 1 saturated heterocycles. The first kappa shape index (κ1) is 19.2.